The molecule has 154 valence electrons. The number of aliphatic imine (C=N–C) groups is 1. The molecule has 0 aliphatic rings. The Balaban J connectivity index is 4.24. The second-order valence-electron chi connectivity index (χ2n) is 6.66. The number of nitrogens with zero attached hydrogens (tertiary/aromatic N) is 1. The SMILES string of the molecule is CC(C)(C)OC(=O)C[C@H](NC(=O)NNC(=O)CCCCN=C(N)N)C(N)=O. The molecule has 9 N–H and O–H groups in total. The molecule has 1 atom stereocenters. The molecule has 0 radical (unpaired) electrons. The van der Waals surface area contributed by atoms with Crippen molar-refractivity contribution in [2.24, 2.45) is 22.2 Å². The van der Waals surface area contributed by atoms with E-state index in [1.807, 2.05) is 0 Å². The lowest BCUT2D eigenvalue weighted by atomic mass is 10.1. The van der Waals surface area contributed by atoms with Crippen LogP contribution in [0.1, 0.15) is 46.5 Å². The van der Waals surface area contributed by atoms with Crippen molar-refractivity contribution in [3.05, 3.63) is 0 Å². The molecule has 27 heavy (non-hydrogen) atoms. The fourth-order valence-corrected chi connectivity index (χ4v) is 1.76. The van der Waals surface area contributed by atoms with Gasteiger partial charge in [-0.25, -0.2) is 10.2 Å². The Morgan fingerprint density at radius 3 is 2.19 bits per heavy atom. The molecule has 0 bridgehead atoms. The summed E-state index contributed by atoms with van der Waals surface area (Å²) in [7, 11) is 0. The van der Waals surface area contributed by atoms with Crippen molar-refractivity contribution >= 4 is 29.8 Å². The van der Waals surface area contributed by atoms with E-state index in [1.165, 1.54) is 0 Å². The first-order valence-electron chi connectivity index (χ1n) is 8.32. The summed E-state index contributed by atoms with van der Waals surface area (Å²) >= 11 is 0. The second-order valence-corrected chi connectivity index (χ2v) is 6.66. The highest BCUT2D eigenvalue weighted by molar-refractivity contribution is 5.90. The molecule has 0 saturated carbocycles. The van der Waals surface area contributed by atoms with Crippen LogP contribution in [0.4, 0.5) is 4.79 Å². The van der Waals surface area contributed by atoms with Crippen LogP contribution < -0.4 is 33.4 Å². The lowest BCUT2D eigenvalue weighted by Crippen LogP contribution is -2.53. The summed E-state index contributed by atoms with van der Waals surface area (Å²) in [6.45, 7) is 5.39. The van der Waals surface area contributed by atoms with Crippen LogP contribution in [0.15, 0.2) is 4.99 Å². The van der Waals surface area contributed by atoms with E-state index < -0.39 is 41.9 Å². The number of urea groups is 1. The smallest absolute Gasteiger partial charge is 0.334 e. The highest BCUT2D eigenvalue weighted by Crippen LogP contribution is 2.09. The molecule has 0 unspecified atom stereocenters. The largest absolute Gasteiger partial charge is 0.460 e. The summed E-state index contributed by atoms with van der Waals surface area (Å²) in [5.41, 5.74) is 19.0. The summed E-state index contributed by atoms with van der Waals surface area (Å²) in [6, 6.07) is -2.17. The van der Waals surface area contributed by atoms with Gasteiger partial charge in [-0.15, -0.1) is 0 Å². The first-order chi connectivity index (χ1) is 12.4. The van der Waals surface area contributed by atoms with E-state index in [0.717, 1.165) is 0 Å². The van der Waals surface area contributed by atoms with Crippen molar-refractivity contribution in [2.45, 2.75) is 58.1 Å². The molecule has 0 aliphatic carbocycles. The number of nitrogens with one attached hydrogen (secondary N) is 3. The highest BCUT2D eigenvalue weighted by atomic mass is 16.6. The number of rotatable bonds is 9. The number of carbonyl (C=O) groups excluding carboxylic acids is 4. The van der Waals surface area contributed by atoms with E-state index in [0.29, 0.717) is 19.4 Å². The van der Waals surface area contributed by atoms with Gasteiger partial charge < -0.3 is 27.3 Å². The van der Waals surface area contributed by atoms with Gasteiger partial charge in [-0.1, -0.05) is 0 Å². The fraction of sp³-hybridized carbons (Fsp3) is 0.667. The molecule has 0 heterocycles. The van der Waals surface area contributed by atoms with E-state index in [4.69, 9.17) is 21.9 Å². The molecular weight excluding hydrogens is 358 g/mol. The number of primary amides is 1. The molecule has 0 aliphatic heterocycles. The number of unbranched alkanes of at least 4 members (excludes halogenated alkanes) is 1. The molecule has 0 aromatic rings. The van der Waals surface area contributed by atoms with Gasteiger partial charge in [0.2, 0.25) is 11.8 Å². The van der Waals surface area contributed by atoms with E-state index in [2.05, 4.69) is 21.2 Å². The van der Waals surface area contributed by atoms with E-state index in [9.17, 15) is 19.2 Å². The third-order valence-corrected chi connectivity index (χ3v) is 2.86. The van der Waals surface area contributed by atoms with Crippen molar-refractivity contribution in [1.29, 1.82) is 0 Å². The number of hydrogen-bond donors (Lipinski definition) is 6. The zero-order valence-corrected chi connectivity index (χ0v) is 15.8. The van der Waals surface area contributed by atoms with Crippen molar-refractivity contribution in [2.75, 3.05) is 6.54 Å². The van der Waals surface area contributed by atoms with Crippen LogP contribution in [0.3, 0.4) is 0 Å². The standard InChI is InChI=1S/C15H29N7O5/c1-15(2,3)27-11(24)8-9(12(16)25)20-14(26)22-21-10(23)6-4-5-7-19-13(17)18/h9H,4-8H2,1-3H3,(H2,16,25)(H,21,23)(H4,17,18,19)(H2,20,22,26)/t9-/m0/s1. The number of esters is 1. The van der Waals surface area contributed by atoms with Crippen molar-refractivity contribution in [3.8, 4) is 0 Å². The maximum atomic E-state index is 11.7. The van der Waals surface area contributed by atoms with Crippen molar-refractivity contribution < 1.29 is 23.9 Å². The monoisotopic (exact) mass is 387 g/mol. The van der Waals surface area contributed by atoms with Gasteiger partial charge >= 0.3 is 12.0 Å². The molecule has 0 saturated heterocycles. The first-order valence-corrected chi connectivity index (χ1v) is 8.32. The van der Waals surface area contributed by atoms with Crippen molar-refractivity contribution in [1.82, 2.24) is 16.2 Å². The number of hydrogen-bond acceptors (Lipinski definition) is 6. The number of hydrazine groups is 1. The Hall–Kier alpha value is -3.05. The third-order valence-electron chi connectivity index (χ3n) is 2.86. The fourth-order valence-electron chi connectivity index (χ4n) is 1.76. The van der Waals surface area contributed by atoms with Crippen LogP contribution in [0.2, 0.25) is 0 Å². The molecule has 0 aromatic heterocycles. The zero-order valence-electron chi connectivity index (χ0n) is 15.8. The highest BCUT2D eigenvalue weighted by Gasteiger charge is 2.25. The minimum absolute atomic E-state index is 0.0202. The predicted octanol–water partition coefficient (Wildman–Crippen LogP) is -1.65. The lowest BCUT2D eigenvalue weighted by molar-refractivity contribution is -0.156. The molecule has 12 nitrogen and oxygen atoms in total. The number of guanidine groups is 1. The van der Waals surface area contributed by atoms with Crippen LogP contribution >= 0.6 is 0 Å². The first kappa shape index (κ1) is 23.9. The topological polar surface area (TPSA) is 204 Å². The Bertz CT molecular complexity index is 567. The Kier molecular flexibility index (Phi) is 10.2. The van der Waals surface area contributed by atoms with E-state index in [1.54, 1.807) is 20.8 Å². The van der Waals surface area contributed by atoms with Gasteiger partial charge in [0.25, 0.3) is 0 Å². The summed E-state index contributed by atoms with van der Waals surface area (Å²) < 4.78 is 5.06. The van der Waals surface area contributed by atoms with Crippen LogP contribution in [0, 0.1) is 0 Å². The van der Waals surface area contributed by atoms with Crippen LogP contribution in [-0.4, -0.2) is 48.0 Å². The maximum absolute atomic E-state index is 11.7. The zero-order chi connectivity index (χ0) is 21.0. The van der Waals surface area contributed by atoms with Gasteiger partial charge in [0.05, 0.1) is 6.42 Å². The molecule has 4 amide bonds. The van der Waals surface area contributed by atoms with Gasteiger partial charge in [0, 0.05) is 13.0 Å². The van der Waals surface area contributed by atoms with Gasteiger partial charge in [0.1, 0.15) is 11.6 Å². The average Bonchev–Trinajstić information content (AvgIpc) is 2.49. The number of nitrogens with two attached hydrogens (primary N) is 3. The predicted molar refractivity (Wildman–Crippen MR) is 97.8 cm³/mol. The van der Waals surface area contributed by atoms with Crippen LogP contribution in [0.5, 0.6) is 0 Å². The lowest BCUT2D eigenvalue weighted by Gasteiger charge is -2.21. The Labute approximate surface area is 157 Å². The number of amides is 4. The minimum atomic E-state index is -1.28. The minimum Gasteiger partial charge on any atom is -0.460 e. The number of carbonyl (C=O) groups is 4. The summed E-state index contributed by atoms with van der Waals surface area (Å²) in [6.07, 6.45) is 0.807. The molecule has 0 spiro atoms. The molecule has 0 fully saturated rings. The normalized spacial score (nSPS) is 11.7. The Morgan fingerprint density at radius 1 is 1.04 bits per heavy atom. The average molecular weight is 387 g/mol. The summed E-state index contributed by atoms with van der Waals surface area (Å²) in [4.78, 5) is 50.2. The maximum Gasteiger partial charge on any atom is 0.334 e. The van der Waals surface area contributed by atoms with Crippen LogP contribution in [0.25, 0.3) is 0 Å². The van der Waals surface area contributed by atoms with Crippen LogP contribution in [-0.2, 0) is 19.1 Å². The quantitative estimate of drug-likeness (QED) is 0.0892. The van der Waals surface area contributed by atoms with Crippen molar-refractivity contribution in [3.63, 3.8) is 0 Å². The Morgan fingerprint density at radius 2 is 1.67 bits per heavy atom. The third kappa shape index (κ3) is 13.9. The van der Waals surface area contributed by atoms with E-state index in [-0.39, 0.29) is 12.4 Å². The van der Waals surface area contributed by atoms with Gasteiger partial charge in [-0.2, -0.15) is 0 Å². The molecule has 0 rings (SSSR count). The summed E-state index contributed by atoms with van der Waals surface area (Å²) in [5, 5.41) is 2.19. The van der Waals surface area contributed by atoms with Gasteiger partial charge in [-0.3, -0.25) is 24.8 Å². The molecule has 0 aromatic carbocycles. The molecular formula is C15H29N7O5. The number of ether oxygens (including phenoxy) is 1. The van der Waals surface area contributed by atoms with Gasteiger partial charge in [-0.05, 0) is 33.6 Å². The second kappa shape index (κ2) is 11.5. The van der Waals surface area contributed by atoms with Gasteiger partial charge in [0.15, 0.2) is 5.96 Å². The molecule has 12 heteroatoms. The summed E-state index contributed by atoms with van der Waals surface area (Å²) in [5.74, 6) is -2.08. The van der Waals surface area contributed by atoms with E-state index >= 15 is 0 Å².